The quantitative estimate of drug-likeness (QED) is 0.725. The second-order valence-electron chi connectivity index (χ2n) is 5.96. The van der Waals surface area contributed by atoms with Crippen LogP contribution in [0.4, 0.5) is 0 Å². The molecule has 10 heteroatoms. The van der Waals surface area contributed by atoms with Crippen LogP contribution in [0.1, 0.15) is 12.8 Å². The number of ether oxygens (including phenoxy) is 1. The summed E-state index contributed by atoms with van der Waals surface area (Å²) in [6.07, 6.45) is 5.67. The van der Waals surface area contributed by atoms with Gasteiger partial charge < -0.3 is 9.15 Å². The number of hydrogen-bond acceptors (Lipinski definition) is 7. The van der Waals surface area contributed by atoms with Crippen molar-refractivity contribution in [2.75, 3.05) is 13.1 Å². The molecule has 1 aromatic carbocycles. The highest BCUT2D eigenvalue weighted by Crippen LogP contribution is 2.24. The first-order valence-corrected chi connectivity index (χ1v) is 9.52. The number of hydrogen-bond donors (Lipinski definition) is 1. The van der Waals surface area contributed by atoms with Crippen LogP contribution in [0, 0.1) is 0 Å². The summed E-state index contributed by atoms with van der Waals surface area (Å²) >= 11 is 0. The SMILES string of the molecule is O=c1[nH]c2cc(S(=O)(=O)N3CCCC(Oc4cnccn4)C3)ccc2o1. The summed E-state index contributed by atoms with van der Waals surface area (Å²) in [6.45, 7) is 0.626. The maximum Gasteiger partial charge on any atom is 0.417 e. The van der Waals surface area contributed by atoms with Crippen molar-refractivity contribution >= 4 is 21.1 Å². The van der Waals surface area contributed by atoms with Crippen LogP contribution >= 0.6 is 0 Å². The average Bonchev–Trinajstić information content (AvgIpc) is 3.02. The van der Waals surface area contributed by atoms with Crippen LogP contribution in [-0.2, 0) is 10.0 Å². The van der Waals surface area contributed by atoms with Crippen LogP contribution < -0.4 is 10.5 Å². The molecule has 0 radical (unpaired) electrons. The molecule has 0 saturated carbocycles. The number of aromatic nitrogens is 3. The number of rotatable bonds is 4. The Labute approximate surface area is 148 Å². The molecule has 9 nitrogen and oxygen atoms in total. The highest BCUT2D eigenvalue weighted by Gasteiger charge is 2.31. The van der Waals surface area contributed by atoms with E-state index in [-0.39, 0.29) is 17.5 Å². The van der Waals surface area contributed by atoms with Gasteiger partial charge in [0.15, 0.2) is 5.58 Å². The Bertz CT molecular complexity index is 1080. The fraction of sp³-hybridized carbons (Fsp3) is 0.312. The zero-order valence-electron chi connectivity index (χ0n) is 13.7. The van der Waals surface area contributed by atoms with E-state index >= 15 is 0 Å². The van der Waals surface area contributed by atoms with Gasteiger partial charge in [-0.15, -0.1) is 0 Å². The van der Waals surface area contributed by atoms with Crippen molar-refractivity contribution in [2.24, 2.45) is 0 Å². The van der Waals surface area contributed by atoms with E-state index in [1.807, 2.05) is 0 Å². The fourth-order valence-corrected chi connectivity index (χ4v) is 4.51. The molecule has 0 amide bonds. The molecule has 136 valence electrons. The molecule has 1 unspecified atom stereocenters. The minimum Gasteiger partial charge on any atom is -0.472 e. The number of H-pyrrole nitrogens is 1. The van der Waals surface area contributed by atoms with Gasteiger partial charge in [-0.3, -0.25) is 9.97 Å². The van der Waals surface area contributed by atoms with Crippen LogP contribution in [0.25, 0.3) is 11.1 Å². The Balaban J connectivity index is 1.56. The van der Waals surface area contributed by atoms with Crippen LogP contribution in [0.2, 0.25) is 0 Å². The van der Waals surface area contributed by atoms with E-state index in [0.29, 0.717) is 29.9 Å². The van der Waals surface area contributed by atoms with E-state index < -0.39 is 15.8 Å². The van der Waals surface area contributed by atoms with Gasteiger partial charge in [0, 0.05) is 18.9 Å². The zero-order chi connectivity index (χ0) is 18.1. The Kier molecular flexibility index (Phi) is 4.21. The summed E-state index contributed by atoms with van der Waals surface area (Å²) in [5, 5.41) is 0. The molecule has 1 atom stereocenters. The van der Waals surface area contributed by atoms with Crippen LogP contribution in [-0.4, -0.2) is 46.9 Å². The van der Waals surface area contributed by atoms with Gasteiger partial charge >= 0.3 is 5.76 Å². The van der Waals surface area contributed by atoms with Crippen LogP contribution in [0.15, 0.2) is 50.9 Å². The molecule has 2 aromatic heterocycles. The number of oxazole rings is 1. The third-order valence-electron chi connectivity index (χ3n) is 4.20. The van der Waals surface area contributed by atoms with E-state index in [0.717, 1.165) is 6.42 Å². The first kappa shape index (κ1) is 16.7. The number of benzene rings is 1. The van der Waals surface area contributed by atoms with Crippen molar-refractivity contribution in [1.82, 2.24) is 19.3 Å². The number of nitrogens with one attached hydrogen (secondary N) is 1. The van der Waals surface area contributed by atoms with E-state index in [1.54, 1.807) is 6.20 Å². The van der Waals surface area contributed by atoms with Crippen LogP contribution in [0.5, 0.6) is 5.88 Å². The maximum atomic E-state index is 13.0. The number of aromatic amines is 1. The van der Waals surface area contributed by atoms with Gasteiger partial charge in [-0.05, 0) is 31.0 Å². The normalized spacial score (nSPS) is 18.8. The van der Waals surface area contributed by atoms with E-state index in [1.165, 1.54) is 34.9 Å². The Hall–Kier alpha value is -2.72. The van der Waals surface area contributed by atoms with Crippen molar-refractivity contribution in [2.45, 2.75) is 23.8 Å². The lowest BCUT2D eigenvalue weighted by molar-refractivity contribution is 0.124. The predicted molar refractivity (Wildman–Crippen MR) is 91.3 cm³/mol. The summed E-state index contributed by atoms with van der Waals surface area (Å²) in [5.41, 5.74) is 0.664. The molecule has 4 rings (SSSR count). The third kappa shape index (κ3) is 3.20. The molecular weight excluding hydrogens is 360 g/mol. The zero-order valence-corrected chi connectivity index (χ0v) is 14.5. The Morgan fingerprint density at radius 3 is 3.00 bits per heavy atom. The molecule has 26 heavy (non-hydrogen) atoms. The lowest BCUT2D eigenvalue weighted by Crippen LogP contribution is -2.44. The highest BCUT2D eigenvalue weighted by atomic mass is 32.2. The standard InChI is InChI=1S/C16H16N4O5S/c21-16-19-13-8-12(3-4-14(13)25-16)26(22,23)20-7-1-2-11(10-20)24-15-9-17-5-6-18-15/h3-6,8-9,11H,1-2,7,10H2,(H,19,21). The van der Waals surface area contributed by atoms with Crippen molar-refractivity contribution in [3.05, 3.63) is 47.3 Å². The summed E-state index contributed by atoms with van der Waals surface area (Å²) in [6, 6.07) is 4.31. The average molecular weight is 376 g/mol. The van der Waals surface area contributed by atoms with Gasteiger partial charge in [-0.1, -0.05) is 0 Å². The first-order valence-electron chi connectivity index (χ1n) is 8.08. The molecule has 0 spiro atoms. The van der Waals surface area contributed by atoms with E-state index in [4.69, 9.17) is 9.15 Å². The van der Waals surface area contributed by atoms with Gasteiger partial charge in [-0.2, -0.15) is 4.31 Å². The number of piperidine rings is 1. The monoisotopic (exact) mass is 376 g/mol. The maximum absolute atomic E-state index is 13.0. The van der Waals surface area contributed by atoms with Gasteiger partial charge in [-0.25, -0.2) is 18.2 Å². The molecule has 1 fully saturated rings. The minimum absolute atomic E-state index is 0.0993. The number of sulfonamides is 1. The van der Waals surface area contributed by atoms with E-state index in [9.17, 15) is 13.2 Å². The van der Waals surface area contributed by atoms with Crippen LogP contribution in [0.3, 0.4) is 0 Å². The second kappa shape index (κ2) is 6.54. The Morgan fingerprint density at radius 1 is 1.31 bits per heavy atom. The van der Waals surface area contributed by atoms with Crippen molar-refractivity contribution in [3.63, 3.8) is 0 Å². The number of nitrogens with zero attached hydrogens (tertiary/aromatic N) is 3. The summed E-state index contributed by atoms with van der Waals surface area (Å²) in [7, 11) is -3.72. The molecule has 3 heterocycles. The second-order valence-corrected chi connectivity index (χ2v) is 7.90. The molecule has 1 N–H and O–H groups in total. The lowest BCUT2D eigenvalue weighted by Gasteiger charge is -2.31. The molecule has 0 aliphatic carbocycles. The summed E-state index contributed by atoms with van der Waals surface area (Å²) < 4.78 is 38.0. The molecular formula is C16H16N4O5S. The lowest BCUT2D eigenvalue weighted by atomic mass is 10.1. The van der Waals surface area contributed by atoms with Gasteiger partial charge in [0.1, 0.15) is 6.10 Å². The fourth-order valence-electron chi connectivity index (χ4n) is 2.98. The summed E-state index contributed by atoms with van der Waals surface area (Å²) in [4.78, 5) is 21.8. The first-order chi connectivity index (χ1) is 12.5. The Morgan fingerprint density at radius 2 is 2.19 bits per heavy atom. The van der Waals surface area contributed by atoms with E-state index in [2.05, 4.69) is 15.0 Å². The largest absolute Gasteiger partial charge is 0.472 e. The van der Waals surface area contributed by atoms with Gasteiger partial charge in [0.05, 0.1) is 23.2 Å². The van der Waals surface area contributed by atoms with Crippen molar-refractivity contribution < 1.29 is 17.6 Å². The molecule has 1 saturated heterocycles. The molecule has 0 bridgehead atoms. The molecule has 3 aromatic rings. The van der Waals surface area contributed by atoms with Gasteiger partial charge in [0.2, 0.25) is 15.9 Å². The minimum atomic E-state index is -3.72. The molecule has 1 aliphatic rings. The topological polar surface area (TPSA) is 118 Å². The van der Waals surface area contributed by atoms with Gasteiger partial charge in [0.25, 0.3) is 0 Å². The van der Waals surface area contributed by atoms with Crippen molar-refractivity contribution in [1.29, 1.82) is 0 Å². The smallest absolute Gasteiger partial charge is 0.417 e. The number of fused-ring (bicyclic) bond motifs is 1. The van der Waals surface area contributed by atoms with Crippen molar-refractivity contribution in [3.8, 4) is 5.88 Å². The predicted octanol–water partition coefficient (Wildman–Crippen LogP) is 1.14. The highest BCUT2D eigenvalue weighted by molar-refractivity contribution is 7.89. The third-order valence-corrected chi connectivity index (χ3v) is 6.06. The molecule has 1 aliphatic heterocycles. The summed E-state index contributed by atoms with van der Waals surface area (Å²) in [5.74, 6) is -0.251.